The van der Waals surface area contributed by atoms with Gasteiger partial charge in [0.25, 0.3) is 0 Å². The number of nitro groups is 1. The minimum atomic E-state index is -0.331. The molecule has 0 aromatic carbocycles. The Kier molecular flexibility index (Phi) is 3.80. The number of halogens is 2. The molecule has 0 fully saturated rings. The first kappa shape index (κ1) is 10.4. The van der Waals surface area contributed by atoms with Crippen LogP contribution in [0.2, 0.25) is 0 Å². The molecule has 0 aliphatic heterocycles. The summed E-state index contributed by atoms with van der Waals surface area (Å²) in [5.41, 5.74) is 0. The van der Waals surface area contributed by atoms with Crippen LogP contribution in [0.3, 0.4) is 0 Å². The molecule has 0 radical (unpaired) electrons. The summed E-state index contributed by atoms with van der Waals surface area (Å²) in [6.45, 7) is 3.71. The molecule has 5 heteroatoms. The molecule has 10 heavy (non-hydrogen) atoms. The van der Waals surface area contributed by atoms with E-state index in [1.54, 1.807) is 0 Å². The summed E-state index contributed by atoms with van der Waals surface area (Å²) in [7, 11) is 0. The zero-order valence-corrected chi connectivity index (χ0v) is 8.98. The monoisotopic (exact) mass is 273 g/mol. The standard InChI is InChI=1S/C5H9Br2NO2/c1-5(2,7)4(6)3-8(9)10/h4H,3H2,1-2H3. The highest BCUT2D eigenvalue weighted by Crippen LogP contribution is 2.26. The minimum absolute atomic E-state index is 0.0573. The molecule has 0 saturated heterocycles. The van der Waals surface area contributed by atoms with E-state index in [0.717, 1.165) is 0 Å². The van der Waals surface area contributed by atoms with Gasteiger partial charge < -0.3 is 0 Å². The number of hydrogen-bond donors (Lipinski definition) is 0. The van der Waals surface area contributed by atoms with Gasteiger partial charge in [-0.15, -0.1) is 0 Å². The number of rotatable bonds is 3. The van der Waals surface area contributed by atoms with Crippen LogP contribution in [0.1, 0.15) is 13.8 Å². The van der Waals surface area contributed by atoms with Gasteiger partial charge in [0.15, 0.2) is 0 Å². The minimum Gasteiger partial charge on any atom is -0.265 e. The Hall–Kier alpha value is 0.360. The van der Waals surface area contributed by atoms with Crippen LogP contribution >= 0.6 is 31.9 Å². The van der Waals surface area contributed by atoms with Crippen LogP contribution in [0.5, 0.6) is 0 Å². The zero-order valence-electron chi connectivity index (χ0n) is 5.80. The van der Waals surface area contributed by atoms with Crippen molar-refractivity contribution in [2.24, 2.45) is 0 Å². The van der Waals surface area contributed by atoms with Crippen LogP contribution in [0, 0.1) is 10.1 Å². The maximum absolute atomic E-state index is 10.0. The Balaban J connectivity index is 3.85. The molecule has 1 unspecified atom stereocenters. The van der Waals surface area contributed by atoms with Crippen LogP contribution in [0.15, 0.2) is 0 Å². The van der Waals surface area contributed by atoms with Crippen molar-refractivity contribution in [3.63, 3.8) is 0 Å². The van der Waals surface area contributed by atoms with Gasteiger partial charge in [-0.3, -0.25) is 10.1 Å². The Morgan fingerprint density at radius 3 is 2.20 bits per heavy atom. The van der Waals surface area contributed by atoms with Crippen LogP contribution in [-0.2, 0) is 0 Å². The van der Waals surface area contributed by atoms with Gasteiger partial charge in [-0.25, -0.2) is 0 Å². The van der Waals surface area contributed by atoms with Crippen molar-refractivity contribution in [2.75, 3.05) is 6.54 Å². The lowest BCUT2D eigenvalue weighted by Gasteiger charge is -2.19. The first-order chi connectivity index (χ1) is 4.34. The molecule has 0 aromatic rings. The molecule has 0 heterocycles. The molecule has 0 N–H and O–H groups in total. The predicted octanol–water partition coefficient (Wildman–Crippen LogP) is 2.20. The lowest BCUT2D eigenvalue weighted by molar-refractivity contribution is -0.479. The molecule has 0 aliphatic rings. The average molecular weight is 275 g/mol. The van der Waals surface area contributed by atoms with E-state index in [9.17, 15) is 10.1 Å². The molecular formula is C5H9Br2NO2. The first-order valence-corrected chi connectivity index (χ1v) is 4.49. The largest absolute Gasteiger partial charge is 0.265 e. The second-order valence-corrected chi connectivity index (χ2v) is 5.70. The topological polar surface area (TPSA) is 43.1 Å². The average Bonchev–Trinajstić information content (AvgIpc) is 1.60. The third-order valence-corrected chi connectivity index (χ3v) is 3.66. The van der Waals surface area contributed by atoms with Crippen LogP contribution in [0.25, 0.3) is 0 Å². The highest BCUT2D eigenvalue weighted by molar-refractivity contribution is 9.12. The van der Waals surface area contributed by atoms with Gasteiger partial charge in [0.2, 0.25) is 6.54 Å². The van der Waals surface area contributed by atoms with E-state index in [-0.39, 0.29) is 20.6 Å². The number of hydrogen-bond acceptors (Lipinski definition) is 2. The Morgan fingerprint density at radius 1 is 1.70 bits per heavy atom. The lowest BCUT2D eigenvalue weighted by atomic mass is 10.1. The van der Waals surface area contributed by atoms with Crippen molar-refractivity contribution >= 4 is 31.9 Å². The fraction of sp³-hybridized carbons (Fsp3) is 1.00. The van der Waals surface area contributed by atoms with Crippen molar-refractivity contribution in [2.45, 2.75) is 23.0 Å². The Bertz CT molecular complexity index is 132. The molecular weight excluding hydrogens is 266 g/mol. The van der Waals surface area contributed by atoms with Crippen LogP contribution in [0.4, 0.5) is 0 Å². The summed E-state index contributed by atoms with van der Waals surface area (Å²) in [6, 6.07) is 0. The second kappa shape index (κ2) is 3.67. The quantitative estimate of drug-likeness (QED) is 0.450. The van der Waals surface area contributed by atoms with Gasteiger partial charge in [0, 0.05) is 9.25 Å². The maximum Gasteiger partial charge on any atom is 0.217 e. The summed E-state index contributed by atoms with van der Waals surface area (Å²) in [5, 5.41) is 10.0. The summed E-state index contributed by atoms with van der Waals surface area (Å²) < 4.78 is -0.222. The van der Waals surface area contributed by atoms with E-state index >= 15 is 0 Å². The van der Waals surface area contributed by atoms with E-state index in [2.05, 4.69) is 31.9 Å². The van der Waals surface area contributed by atoms with E-state index in [1.165, 1.54) is 0 Å². The Morgan fingerprint density at radius 2 is 2.10 bits per heavy atom. The van der Waals surface area contributed by atoms with Crippen molar-refractivity contribution in [1.82, 2.24) is 0 Å². The van der Waals surface area contributed by atoms with Gasteiger partial charge in [0.05, 0.1) is 4.83 Å². The normalized spacial score (nSPS) is 14.8. The zero-order chi connectivity index (χ0) is 8.36. The van der Waals surface area contributed by atoms with Crippen molar-refractivity contribution in [3.05, 3.63) is 10.1 Å². The first-order valence-electron chi connectivity index (χ1n) is 2.79. The molecule has 0 rings (SSSR count). The summed E-state index contributed by atoms with van der Waals surface area (Å²) in [4.78, 5) is 9.55. The van der Waals surface area contributed by atoms with Gasteiger partial charge in [-0.1, -0.05) is 31.9 Å². The summed E-state index contributed by atoms with van der Waals surface area (Å²) >= 11 is 6.53. The maximum atomic E-state index is 10.0. The number of alkyl halides is 2. The molecule has 0 amide bonds. The summed E-state index contributed by atoms with van der Waals surface area (Å²) in [5.74, 6) is 0. The molecule has 1 atom stereocenters. The fourth-order valence-electron chi connectivity index (χ4n) is 0.348. The smallest absolute Gasteiger partial charge is 0.217 e. The van der Waals surface area contributed by atoms with E-state index in [0.29, 0.717) is 0 Å². The molecule has 0 spiro atoms. The highest BCUT2D eigenvalue weighted by atomic mass is 79.9. The van der Waals surface area contributed by atoms with Gasteiger partial charge in [-0.05, 0) is 13.8 Å². The fourth-order valence-corrected chi connectivity index (χ4v) is 0.729. The van der Waals surface area contributed by atoms with Gasteiger partial charge >= 0.3 is 0 Å². The SMILES string of the molecule is CC(C)(Br)C(Br)C[N+](=O)[O-]. The molecule has 0 bridgehead atoms. The van der Waals surface area contributed by atoms with Crippen molar-refractivity contribution in [3.8, 4) is 0 Å². The van der Waals surface area contributed by atoms with Crippen LogP contribution in [-0.4, -0.2) is 20.6 Å². The molecule has 60 valence electrons. The predicted molar refractivity (Wildman–Crippen MR) is 47.6 cm³/mol. The van der Waals surface area contributed by atoms with Gasteiger partial charge in [0.1, 0.15) is 0 Å². The summed E-state index contributed by atoms with van der Waals surface area (Å²) in [6.07, 6.45) is 0. The van der Waals surface area contributed by atoms with E-state index in [1.807, 2.05) is 13.8 Å². The lowest BCUT2D eigenvalue weighted by Crippen LogP contribution is -2.30. The molecule has 0 saturated carbocycles. The van der Waals surface area contributed by atoms with Gasteiger partial charge in [-0.2, -0.15) is 0 Å². The Labute approximate surface area is 76.6 Å². The second-order valence-electron chi connectivity index (χ2n) is 2.55. The molecule has 3 nitrogen and oxygen atoms in total. The van der Waals surface area contributed by atoms with Crippen molar-refractivity contribution in [1.29, 1.82) is 0 Å². The highest BCUT2D eigenvalue weighted by Gasteiger charge is 2.27. The third kappa shape index (κ3) is 4.22. The van der Waals surface area contributed by atoms with E-state index < -0.39 is 0 Å². The van der Waals surface area contributed by atoms with Crippen LogP contribution < -0.4 is 0 Å². The number of nitrogens with zero attached hydrogens (tertiary/aromatic N) is 1. The van der Waals surface area contributed by atoms with Crippen molar-refractivity contribution < 1.29 is 4.92 Å². The molecule has 0 aromatic heterocycles. The third-order valence-electron chi connectivity index (χ3n) is 1.05. The molecule has 0 aliphatic carbocycles. The van der Waals surface area contributed by atoms with E-state index in [4.69, 9.17) is 0 Å².